The maximum atomic E-state index is 5.81. The van der Waals surface area contributed by atoms with Crippen molar-refractivity contribution in [1.29, 1.82) is 0 Å². The Bertz CT molecular complexity index is 511. The first-order chi connectivity index (χ1) is 9.38. The molecule has 0 saturated carbocycles. The maximum Gasteiger partial charge on any atom is 0.148 e. The first kappa shape index (κ1) is 12.4. The molecule has 0 radical (unpaired) electrons. The standard InChI is InChI=1S/C15H19N3O/c1-2-17-10-11-19-12-15(17,18-9-8-16-13-18)14-6-4-3-5-7-14/h3-9,13H,2,10-12H2,1H3. The second-order valence-electron chi connectivity index (χ2n) is 4.78. The highest BCUT2D eigenvalue weighted by atomic mass is 16.5. The maximum absolute atomic E-state index is 5.81. The number of nitrogens with zero attached hydrogens (tertiary/aromatic N) is 3. The van der Waals surface area contributed by atoms with Crippen LogP contribution in [0.5, 0.6) is 0 Å². The third kappa shape index (κ3) is 1.97. The third-order valence-electron chi connectivity index (χ3n) is 3.88. The summed E-state index contributed by atoms with van der Waals surface area (Å²) in [6, 6.07) is 10.5. The van der Waals surface area contributed by atoms with E-state index in [1.165, 1.54) is 5.56 Å². The van der Waals surface area contributed by atoms with Crippen LogP contribution in [0.25, 0.3) is 0 Å². The predicted molar refractivity (Wildman–Crippen MR) is 73.8 cm³/mol. The molecule has 1 fully saturated rings. The number of likely N-dealkylation sites (N-methyl/N-ethyl adjacent to an activating group) is 1. The Labute approximate surface area is 113 Å². The third-order valence-corrected chi connectivity index (χ3v) is 3.88. The van der Waals surface area contributed by atoms with Gasteiger partial charge < -0.3 is 9.30 Å². The first-order valence-corrected chi connectivity index (χ1v) is 6.74. The van der Waals surface area contributed by atoms with E-state index in [2.05, 4.69) is 45.6 Å². The highest BCUT2D eigenvalue weighted by molar-refractivity contribution is 5.26. The minimum Gasteiger partial charge on any atom is -0.376 e. The van der Waals surface area contributed by atoms with Gasteiger partial charge in [-0.1, -0.05) is 37.3 Å². The quantitative estimate of drug-likeness (QED) is 0.841. The summed E-state index contributed by atoms with van der Waals surface area (Å²) < 4.78 is 7.96. The predicted octanol–water partition coefficient (Wildman–Crippen LogP) is 1.94. The monoisotopic (exact) mass is 257 g/mol. The van der Waals surface area contributed by atoms with Gasteiger partial charge in [0.1, 0.15) is 5.66 Å². The Kier molecular flexibility index (Phi) is 3.36. The summed E-state index contributed by atoms with van der Waals surface area (Å²) in [5, 5.41) is 0. The number of hydrogen-bond acceptors (Lipinski definition) is 3. The van der Waals surface area contributed by atoms with E-state index in [-0.39, 0.29) is 5.66 Å². The molecule has 0 spiro atoms. The van der Waals surface area contributed by atoms with Gasteiger partial charge in [0, 0.05) is 18.9 Å². The van der Waals surface area contributed by atoms with Crippen LogP contribution in [-0.4, -0.2) is 40.8 Å². The minimum absolute atomic E-state index is 0.273. The van der Waals surface area contributed by atoms with E-state index in [0.29, 0.717) is 6.61 Å². The molecule has 1 unspecified atom stereocenters. The van der Waals surface area contributed by atoms with Crippen LogP contribution in [0.4, 0.5) is 0 Å². The molecule has 1 aliphatic rings. The fraction of sp³-hybridized carbons (Fsp3) is 0.400. The van der Waals surface area contributed by atoms with Gasteiger partial charge in [-0.3, -0.25) is 4.90 Å². The topological polar surface area (TPSA) is 30.3 Å². The molecule has 2 aromatic rings. The number of benzene rings is 1. The molecular weight excluding hydrogens is 238 g/mol. The van der Waals surface area contributed by atoms with Crippen molar-refractivity contribution in [3.8, 4) is 0 Å². The number of aromatic nitrogens is 2. The Balaban J connectivity index is 2.15. The first-order valence-electron chi connectivity index (χ1n) is 6.74. The Morgan fingerprint density at radius 3 is 2.84 bits per heavy atom. The summed E-state index contributed by atoms with van der Waals surface area (Å²) >= 11 is 0. The van der Waals surface area contributed by atoms with Crippen molar-refractivity contribution < 1.29 is 4.74 Å². The van der Waals surface area contributed by atoms with Crippen LogP contribution in [0.3, 0.4) is 0 Å². The van der Waals surface area contributed by atoms with E-state index >= 15 is 0 Å². The van der Waals surface area contributed by atoms with E-state index in [1.54, 1.807) is 0 Å². The van der Waals surface area contributed by atoms with Gasteiger partial charge in [0.05, 0.1) is 19.5 Å². The van der Waals surface area contributed by atoms with Crippen molar-refractivity contribution in [1.82, 2.24) is 14.5 Å². The van der Waals surface area contributed by atoms with Gasteiger partial charge in [0.25, 0.3) is 0 Å². The molecule has 4 heteroatoms. The van der Waals surface area contributed by atoms with Gasteiger partial charge in [-0.05, 0) is 12.1 Å². The van der Waals surface area contributed by atoms with Crippen molar-refractivity contribution in [2.45, 2.75) is 12.6 Å². The molecular formula is C15H19N3O. The lowest BCUT2D eigenvalue weighted by atomic mass is 9.96. The summed E-state index contributed by atoms with van der Waals surface area (Å²) in [4.78, 5) is 6.67. The fourth-order valence-corrected chi connectivity index (χ4v) is 2.92. The zero-order valence-corrected chi connectivity index (χ0v) is 11.2. The zero-order chi connectivity index (χ0) is 13.1. The summed E-state index contributed by atoms with van der Waals surface area (Å²) in [6.45, 7) is 5.55. The lowest BCUT2D eigenvalue weighted by Gasteiger charge is -2.47. The fourth-order valence-electron chi connectivity index (χ4n) is 2.92. The SMILES string of the molecule is CCN1CCOCC1(c1ccccc1)n1ccnc1. The highest BCUT2D eigenvalue weighted by Gasteiger charge is 2.42. The normalized spacial score (nSPS) is 24.5. The molecule has 1 aromatic heterocycles. The van der Waals surface area contributed by atoms with Crippen molar-refractivity contribution in [2.75, 3.05) is 26.3 Å². The molecule has 1 atom stereocenters. The molecule has 0 aliphatic carbocycles. The van der Waals surface area contributed by atoms with Crippen molar-refractivity contribution in [3.63, 3.8) is 0 Å². The number of hydrogen-bond donors (Lipinski definition) is 0. The molecule has 19 heavy (non-hydrogen) atoms. The Morgan fingerprint density at radius 2 is 2.16 bits per heavy atom. The molecule has 0 bridgehead atoms. The molecule has 1 saturated heterocycles. The summed E-state index contributed by atoms with van der Waals surface area (Å²) in [7, 11) is 0. The summed E-state index contributed by atoms with van der Waals surface area (Å²) in [6.07, 6.45) is 5.72. The molecule has 3 rings (SSSR count). The zero-order valence-electron chi connectivity index (χ0n) is 11.2. The Morgan fingerprint density at radius 1 is 1.32 bits per heavy atom. The summed E-state index contributed by atoms with van der Waals surface area (Å²) in [5.74, 6) is 0. The van der Waals surface area contributed by atoms with Crippen LogP contribution < -0.4 is 0 Å². The van der Waals surface area contributed by atoms with Gasteiger partial charge in [0.15, 0.2) is 0 Å². The Hall–Kier alpha value is -1.65. The van der Waals surface area contributed by atoms with E-state index in [0.717, 1.165) is 19.7 Å². The largest absolute Gasteiger partial charge is 0.376 e. The second-order valence-corrected chi connectivity index (χ2v) is 4.78. The molecule has 0 amide bonds. The molecule has 4 nitrogen and oxygen atoms in total. The van der Waals surface area contributed by atoms with Crippen LogP contribution in [0.1, 0.15) is 12.5 Å². The number of rotatable bonds is 3. The van der Waals surface area contributed by atoms with Crippen LogP contribution >= 0.6 is 0 Å². The molecule has 1 aromatic carbocycles. The molecule has 100 valence electrons. The lowest BCUT2D eigenvalue weighted by Crippen LogP contribution is -2.58. The number of ether oxygens (including phenoxy) is 1. The van der Waals surface area contributed by atoms with Gasteiger partial charge in [-0.25, -0.2) is 4.98 Å². The van der Waals surface area contributed by atoms with E-state index in [1.807, 2.05) is 24.8 Å². The van der Waals surface area contributed by atoms with E-state index in [9.17, 15) is 0 Å². The van der Waals surface area contributed by atoms with Crippen LogP contribution in [0, 0.1) is 0 Å². The van der Waals surface area contributed by atoms with Gasteiger partial charge in [-0.2, -0.15) is 0 Å². The van der Waals surface area contributed by atoms with E-state index < -0.39 is 0 Å². The van der Waals surface area contributed by atoms with Crippen LogP contribution in [-0.2, 0) is 10.4 Å². The van der Waals surface area contributed by atoms with Gasteiger partial charge in [-0.15, -0.1) is 0 Å². The van der Waals surface area contributed by atoms with Crippen molar-refractivity contribution in [2.24, 2.45) is 0 Å². The van der Waals surface area contributed by atoms with Crippen molar-refractivity contribution in [3.05, 3.63) is 54.6 Å². The van der Waals surface area contributed by atoms with Crippen molar-refractivity contribution >= 4 is 0 Å². The summed E-state index contributed by atoms with van der Waals surface area (Å²) in [5.41, 5.74) is 0.972. The molecule has 0 N–H and O–H groups in total. The van der Waals surface area contributed by atoms with Gasteiger partial charge >= 0.3 is 0 Å². The lowest BCUT2D eigenvalue weighted by molar-refractivity contribution is -0.0867. The number of imidazole rings is 1. The molecule has 1 aliphatic heterocycles. The minimum atomic E-state index is -0.273. The highest BCUT2D eigenvalue weighted by Crippen LogP contribution is 2.33. The smallest absolute Gasteiger partial charge is 0.148 e. The van der Waals surface area contributed by atoms with Crippen LogP contribution in [0.2, 0.25) is 0 Å². The second kappa shape index (κ2) is 5.15. The number of morpholine rings is 1. The average molecular weight is 257 g/mol. The van der Waals surface area contributed by atoms with Gasteiger partial charge in [0.2, 0.25) is 0 Å². The van der Waals surface area contributed by atoms with Crippen LogP contribution in [0.15, 0.2) is 49.1 Å². The molecule has 2 heterocycles. The average Bonchev–Trinajstić information content (AvgIpc) is 3.02. The van der Waals surface area contributed by atoms with E-state index in [4.69, 9.17) is 4.74 Å².